The molecule has 0 aliphatic rings. The van der Waals surface area contributed by atoms with Crippen molar-refractivity contribution in [3.63, 3.8) is 0 Å². The second-order valence-electron chi connectivity index (χ2n) is 7.40. The lowest BCUT2D eigenvalue weighted by molar-refractivity contribution is -0.131. The number of hydroxylamine groups is 1. The van der Waals surface area contributed by atoms with Gasteiger partial charge in [-0.05, 0) is 48.7 Å². The number of aryl methyl sites for hydroxylation is 1. The Bertz CT molecular complexity index is 1280. The topological polar surface area (TPSA) is 128 Å². The van der Waals surface area contributed by atoms with Gasteiger partial charge >= 0.3 is 0 Å². The summed E-state index contributed by atoms with van der Waals surface area (Å²) in [4.78, 5) is 29.2. The van der Waals surface area contributed by atoms with Crippen molar-refractivity contribution >= 4 is 26.6 Å². The average Bonchev–Trinajstić information content (AvgIpc) is 2.76. The van der Waals surface area contributed by atoms with Crippen molar-refractivity contribution in [2.75, 3.05) is 13.4 Å². The molecule has 0 bridgehead atoms. The zero-order chi connectivity index (χ0) is 22.8. The van der Waals surface area contributed by atoms with Gasteiger partial charge in [0.05, 0.1) is 24.3 Å². The largest absolute Gasteiger partial charge is 0.497 e. The monoisotopic (exact) mass is 445 g/mol. The first kappa shape index (κ1) is 22.4. The molecule has 0 aliphatic carbocycles. The molecule has 0 aliphatic heterocycles. The second-order valence-corrected chi connectivity index (χ2v) is 9.84. The molecule has 1 atom stereocenters. The molecule has 1 aromatic heterocycles. The fourth-order valence-corrected chi connectivity index (χ4v) is 4.04. The molecule has 0 spiro atoms. The second kappa shape index (κ2) is 8.48. The maximum atomic E-state index is 12.9. The zero-order valence-corrected chi connectivity index (χ0v) is 18.1. The number of aromatic nitrogens is 2. The number of ether oxygens (including phenoxy) is 1. The number of carbonyl (C=O) groups is 1. The van der Waals surface area contributed by atoms with Gasteiger partial charge in [0, 0.05) is 12.8 Å². The molecule has 2 aromatic carbocycles. The highest BCUT2D eigenvalue weighted by molar-refractivity contribution is 7.92. The molecule has 2 N–H and O–H groups in total. The Hall–Kier alpha value is -3.24. The van der Waals surface area contributed by atoms with Gasteiger partial charge in [-0.15, -0.1) is 0 Å². The van der Waals surface area contributed by atoms with Gasteiger partial charge < -0.3 is 4.74 Å². The summed E-state index contributed by atoms with van der Waals surface area (Å²) in [5.74, 6) is -0.317. The number of sulfone groups is 1. The minimum Gasteiger partial charge on any atom is -0.497 e. The van der Waals surface area contributed by atoms with Crippen LogP contribution in [-0.2, 0) is 21.2 Å². The molecule has 0 unspecified atom stereocenters. The van der Waals surface area contributed by atoms with Crippen molar-refractivity contribution in [3.8, 4) is 16.9 Å². The molecule has 1 heterocycles. The average molecular weight is 445 g/mol. The SMILES string of the molecule is COc1ccc(-c2ccc3c(=O)n(CC[C@](C)(C(=O)NO)S(C)(=O)=O)cnc3c2)cc1. The maximum Gasteiger partial charge on any atom is 0.264 e. The summed E-state index contributed by atoms with van der Waals surface area (Å²) in [6.45, 7) is 1.13. The van der Waals surface area contributed by atoms with Gasteiger partial charge in [-0.3, -0.25) is 19.4 Å². The highest BCUT2D eigenvalue weighted by Gasteiger charge is 2.43. The molecule has 0 saturated carbocycles. The fraction of sp³-hybridized carbons (Fsp3) is 0.286. The highest BCUT2D eigenvalue weighted by Crippen LogP contribution is 2.25. The fourth-order valence-electron chi connectivity index (χ4n) is 3.20. The van der Waals surface area contributed by atoms with Gasteiger partial charge in [-0.2, -0.15) is 0 Å². The van der Waals surface area contributed by atoms with Gasteiger partial charge in [0.25, 0.3) is 11.5 Å². The predicted octanol–water partition coefficient (Wildman–Crippen LogP) is 1.77. The minimum atomic E-state index is -3.86. The van der Waals surface area contributed by atoms with E-state index in [0.717, 1.165) is 23.1 Å². The van der Waals surface area contributed by atoms with Crippen molar-refractivity contribution in [3.05, 3.63) is 59.1 Å². The molecule has 0 radical (unpaired) electrons. The van der Waals surface area contributed by atoms with E-state index in [1.165, 1.54) is 23.3 Å². The van der Waals surface area contributed by atoms with E-state index in [9.17, 15) is 18.0 Å². The third-order valence-corrected chi connectivity index (χ3v) is 7.50. The van der Waals surface area contributed by atoms with Crippen LogP contribution >= 0.6 is 0 Å². The first-order valence-electron chi connectivity index (χ1n) is 9.38. The van der Waals surface area contributed by atoms with Gasteiger partial charge in [0.1, 0.15) is 5.75 Å². The van der Waals surface area contributed by atoms with Crippen LogP contribution in [0.2, 0.25) is 0 Å². The summed E-state index contributed by atoms with van der Waals surface area (Å²) in [6.07, 6.45) is 2.02. The molecule has 164 valence electrons. The first-order chi connectivity index (χ1) is 14.6. The van der Waals surface area contributed by atoms with E-state index < -0.39 is 20.5 Å². The molecule has 10 heteroatoms. The number of methoxy groups -OCH3 is 1. The molecule has 3 rings (SSSR count). The number of hydrogen-bond donors (Lipinski definition) is 2. The summed E-state index contributed by atoms with van der Waals surface area (Å²) in [5.41, 5.74) is 3.35. The number of fused-ring (bicyclic) bond motifs is 1. The van der Waals surface area contributed by atoms with Crippen LogP contribution in [0.15, 0.2) is 53.6 Å². The number of rotatable bonds is 7. The number of hydrogen-bond acceptors (Lipinski definition) is 7. The number of benzene rings is 2. The molecule has 31 heavy (non-hydrogen) atoms. The van der Waals surface area contributed by atoms with Crippen LogP contribution in [0, 0.1) is 0 Å². The van der Waals surface area contributed by atoms with Crippen LogP contribution in [-0.4, -0.2) is 47.2 Å². The van der Waals surface area contributed by atoms with Crippen LogP contribution in [0.5, 0.6) is 5.75 Å². The zero-order valence-electron chi connectivity index (χ0n) is 17.3. The first-order valence-corrected chi connectivity index (χ1v) is 11.3. The molecule has 9 nitrogen and oxygen atoms in total. The van der Waals surface area contributed by atoms with Gasteiger partial charge in [0.2, 0.25) is 0 Å². The number of amides is 1. The normalized spacial score (nSPS) is 13.5. The smallest absolute Gasteiger partial charge is 0.264 e. The Labute approximate surface area is 179 Å². The van der Waals surface area contributed by atoms with Crippen LogP contribution in [0.25, 0.3) is 22.0 Å². The summed E-state index contributed by atoms with van der Waals surface area (Å²) >= 11 is 0. The maximum absolute atomic E-state index is 12.9. The summed E-state index contributed by atoms with van der Waals surface area (Å²) < 4.78 is 28.7. The highest BCUT2D eigenvalue weighted by atomic mass is 32.2. The van der Waals surface area contributed by atoms with E-state index in [1.807, 2.05) is 24.3 Å². The third-order valence-electron chi connectivity index (χ3n) is 5.48. The molecular formula is C21H23N3O6S. The Morgan fingerprint density at radius 3 is 2.42 bits per heavy atom. The van der Waals surface area contributed by atoms with E-state index in [0.29, 0.717) is 10.9 Å². The van der Waals surface area contributed by atoms with Crippen molar-refractivity contribution < 1.29 is 23.2 Å². The Morgan fingerprint density at radius 2 is 1.84 bits per heavy atom. The summed E-state index contributed by atoms with van der Waals surface area (Å²) in [6, 6.07) is 12.7. The summed E-state index contributed by atoms with van der Waals surface area (Å²) in [5, 5.41) is 9.29. The van der Waals surface area contributed by atoms with Crippen molar-refractivity contribution in [1.29, 1.82) is 0 Å². The Morgan fingerprint density at radius 1 is 1.19 bits per heavy atom. The van der Waals surface area contributed by atoms with E-state index >= 15 is 0 Å². The quantitative estimate of drug-likeness (QED) is 0.419. The molecule has 0 fully saturated rings. The molecule has 0 saturated heterocycles. The lowest BCUT2D eigenvalue weighted by Gasteiger charge is -2.25. The van der Waals surface area contributed by atoms with E-state index in [1.54, 1.807) is 25.3 Å². The lowest BCUT2D eigenvalue weighted by atomic mass is 10.0. The van der Waals surface area contributed by atoms with Crippen LogP contribution < -0.4 is 15.8 Å². The van der Waals surface area contributed by atoms with Gasteiger partial charge in [0.15, 0.2) is 14.6 Å². The molecule has 1 amide bonds. The van der Waals surface area contributed by atoms with Crippen molar-refractivity contribution in [2.45, 2.75) is 24.6 Å². The standard InChI is InChI=1S/C21H23N3O6S/c1-21(20(26)23-27,31(3,28)29)10-11-24-13-22-18-12-15(6-9-17(18)19(24)25)14-4-7-16(30-2)8-5-14/h4-9,12-13,27H,10-11H2,1-3H3,(H,23,26)/t21-/m1/s1. The lowest BCUT2D eigenvalue weighted by Crippen LogP contribution is -2.50. The Kier molecular flexibility index (Phi) is 6.14. The summed E-state index contributed by atoms with van der Waals surface area (Å²) in [7, 11) is -2.27. The van der Waals surface area contributed by atoms with E-state index in [4.69, 9.17) is 9.94 Å². The molecular weight excluding hydrogens is 422 g/mol. The molecule has 3 aromatic rings. The van der Waals surface area contributed by atoms with E-state index in [-0.39, 0.29) is 18.5 Å². The third kappa shape index (κ3) is 4.30. The van der Waals surface area contributed by atoms with Gasteiger partial charge in [-0.1, -0.05) is 18.2 Å². The van der Waals surface area contributed by atoms with Crippen molar-refractivity contribution in [2.24, 2.45) is 0 Å². The Balaban J connectivity index is 1.92. The van der Waals surface area contributed by atoms with Crippen LogP contribution in [0.3, 0.4) is 0 Å². The van der Waals surface area contributed by atoms with Crippen molar-refractivity contribution in [1.82, 2.24) is 15.0 Å². The van der Waals surface area contributed by atoms with E-state index in [2.05, 4.69) is 4.98 Å². The number of nitrogens with one attached hydrogen (secondary N) is 1. The van der Waals surface area contributed by atoms with Crippen LogP contribution in [0.1, 0.15) is 13.3 Å². The van der Waals surface area contributed by atoms with Gasteiger partial charge in [-0.25, -0.2) is 18.9 Å². The number of nitrogens with zero attached hydrogens (tertiary/aromatic N) is 2. The number of carbonyl (C=O) groups excluding carboxylic acids is 1. The minimum absolute atomic E-state index is 0.0704. The predicted molar refractivity (Wildman–Crippen MR) is 116 cm³/mol. The van der Waals surface area contributed by atoms with Crippen LogP contribution in [0.4, 0.5) is 0 Å².